The Balaban J connectivity index is 1.54. The van der Waals surface area contributed by atoms with Gasteiger partial charge in [0.1, 0.15) is 5.82 Å². The summed E-state index contributed by atoms with van der Waals surface area (Å²) < 4.78 is 3.20. The van der Waals surface area contributed by atoms with Gasteiger partial charge in [0.2, 0.25) is 0 Å². The Labute approximate surface area is 208 Å². The van der Waals surface area contributed by atoms with E-state index in [1.165, 1.54) is 12.3 Å². The Hall–Kier alpha value is -4.22. The van der Waals surface area contributed by atoms with Gasteiger partial charge in [-0.25, -0.2) is 9.97 Å². The van der Waals surface area contributed by atoms with Gasteiger partial charge < -0.3 is 25.8 Å². The molecule has 0 unspecified atom stereocenters. The van der Waals surface area contributed by atoms with Crippen molar-refractivity contribution in [3.05, 3.63) is 58.5 Å². The fourth-order valence-corrected chi connectivity index (χ4v) is 4.38. The first kappa shape index (κ1) is 24.9. The average Bonchev–Trinajstić information content (AvgIpc) is 3.24. The van der Waals surface area contributed by atoms with Crippen molar-refractivity contribution in [2.75, 3.05) is 16.8 Å². The lowest BCUT2D eigenvalue weighted by Gasteiger charge is -2.40. The number of primary amides is 1. The number of amides is 2. The standard InChI is InChI=1S/C24H31N9O3/c1-14(2)32-9-7-16(10-20(32)34)24(36)29-18-6-5-8-33(15(18)3)19-12-26-21(22(25)35)23(30-19)28-17-11-27-31(4)13-17/h7,9-15,18H,5-6,8H2,1-4H3,(H2,25,35)(H,28,30)(H,29,36)/t15-,18-/m1/s1. The molecule has 36 heavy (non-hydrogen) atoms. The topological polar surface area (TPSA) is 153 Å². The predicted octanol–water partition coefficient (Wildman–Crippen LogP) is 1.58. The molecule has 4 heterocycles. The number of aromatic nitrogens is 5. The first-order valence-corrected chi connectivity index (χ1v) is 11.9. The van der Waals surface area contributed by atoms with E-state index in [-0.39, 0.29) is 41.1 Å². The third-order valence-electron chi connectivity index (χ3n) is 6.33. The van der Waals surface area contributed by atoms with Gasteiger partial charge >= 0.3 is 0 Å². The van der Waals surface area contributed by atoms with Crippen LogP contribution < -0.4 is 26.8 Å². The number of carbonyl (C=O) groups excluding carboxylic acids is 2. The highest BCUT2D eigenvalue weighted by Gasteiger charge is 2.31. The van der Waals surface area contributed by atoms with Crippen LogP contribution in [0.1, 0.15) is 60.5 Å². The fourth-order valence-electron chi connectivity index (χ4n) is 4.38. The van der Waals surface area contributed by atoms with Gasteiger partial charge in [0.25, 0.3) is 17.4 Å². The summed E-state index contributed by atoms with van der Waals surface area (Å²) in [5.74, 6) is -0.207. The van der Waals surface area contributed by atoms with Crippen LogP contribution in [0, 0.1) is 0 Å². The zero-order valence-electron chi connectivity index (χ0n) is 20.8. The number of nitrogens with one attached hydrogen (secondary N) is 2. The first-order chi connectivity index (χ1) is 17.1. The minimum absolute atomic E-state index is 0.0149. The number of piperidine rings is 1. The van der Waals surface area contributed by atoms with Crippen LogP contribution in [0.4, 0.5) is 17.3 Å². The molecule has 0 spiro atoms. The molecule has 4 N–H and O–H groups in total. The van der Waals surface area contributed by atoms with E-state index < -0.39 is 5.91 Å². The Kier molecular flexibility index (Phi) is 7.04. The molecule has 0 radical (unpaired) electrons. The summed E-state index contributed by atoms with van der Waals surface area (Å²) in [6, 6.07) is 2.75. The van der Waals surface area contributed by atoms with Crippen molar-refractivity contribution in [3.8, 4) is 0 Å². The molecule has 1 aliphatic heterocycles. The van der Waals surface area contributed by atoms with Crippen LogP contribution in [0.3, 0.4) is 0 Å². The van der Waals surface area contributed by atoms with Gasteiger partial charge in [0.15, 0.2) is 11.5 Å². The Morgan fingerprint density at radius 1 is 1.25 bits per heavy atom. The van der Waals surface area contributed by atoms with Gasteiger partial charge in [-0.05, 0) is 39.7 Å². The zero-order chi connectivity index (χ0) is 26.0. The van der Waals surface area contributed by atoms with Crippen molar-refractivity contribution in [1.29, 1.82) is 0 Å². The van der Waals surface area contributed by atoms with E-state index >= 15 is 0 Å². The molecule has 190 valence electrons. The third-order valence-corrected chi connectivity index (χ3v) is 6.33. The van der Waals surface area contributed by atoms with Gasteiger partial charge in [-0.15, -0.1) is 0 Å². The number of nitrogens with zero attached hydrogens (tertiary/aromatic N) is 6. The highest BCUT2D eigenvalue weighted by atomic mass is 16.2. The predicted molar refractivity (Wildman–Crippen MR) is 135 cm³/mol. The molecule has 12 heteroatoms. The van der Waals surface area contributed by atoms with Crippen LogP contribution in [0.2, 0.25) is 0 Å². The van der Waals surface area contributed by atoms with Crippen molar-refractivity contribution in [2.24, 2.45) is 12.8 Å². The van der Waals surface area contributed by atoms with Crippen LogP contribution in [-0.2, 0) is 7.05 Å². The molecule has 3 aromatic rings. The molecular formula is C24H31N9O3. The molecule has 12 nitrogen and oxygen atoms in total. The number of aryl methyl sites for hydroxylation is 1. The molecule has 1 fully saturated rings. The van der Waals surface area contributed by atoms with E-state index in [0.717, 1.165) is 12.8 Å². The van der Waals surface area contributed by atoms with E-state index in [0.29, 0.717) is 23.6 Å². The maximum Gasteiger partial charge on any atom is 0.271 e. The van der Waals surface area contributed by atoms with Crippen LogP contribution in [0.5, 0.6) is 0 Å². The lowest BCUT2D eigenvalue weighted by atomic mass is 9.97. The second-order valence-electron chi connectivity index (χ2n) is 9.23. The highest BCUT2D eigenvalue weighted by molar-refractivity contribution is 5.96. The summed E-state index contributed by atoms with van der Waals surface area (Å²) in [6.45, 7) is 6.53. The Morgan fingerprint density at radius 3 is 2.67 bits per heavy atom. The summed E-state index contributed by atoms with van der Waals surface area (Å²) in [7, 11) is 1.78. The Bertz CT molecular complexity index is 1330. The van der Waals surface area contributed by atoms with Crippen LogP contribution in [-0.4, -0.2) is 54.8 Å². The molecule has 0 aliphatic carbocycles. The van der Waals surface area contributed by atoms with Crippen molar-refractivity contribution < 1.29 is 9.59 Å². The van der Waals surface area contributed by atoms with Gasteiger partial charge in [-0.1, -0.05) is 0 Å². The monoisotopic (exact) mass is 493 g/mol. The number of rotatable bonds is 7. The summed E-state index contributed by atoms with van der Waals surface area (Å²) in [5, 5.41) is 10.2. The minimum Gasteiger partial charge on any atom is -0.364 e. The normalized spacial score (nSPS) is 17.8. The summed E-state index contributed by atoms with van der Waals surface area (Å²) in [6.07, 6.45) is 8.10. The Morgan fingerprint density at radius 2 is 2.03 bits per heavy atom. The van der Waals surface area contributed by atoms with Gasteiger partial charge in [0.05, 0.1) is 18.1 Å². The van der Waals surface area contributed by atoms with Gasteiger partial charge in [0, 0.05) is 55.7 Å². The lowest BCUT2D eigenvalue weighted by Crippen LogP contribution is -2.54. The van der Waals surface area contributed by atoms with E-state index in [1.54, 1.807) is 41.0 Å². The smallest absolute Gasteiger partial charge is 0.271 e. The summed E-state index contributed by atoms with van der Waals surface area (Å²) >= 11 is 0. The number of hydrogen-bond donors (Lipinski definition) is 3. The molecule has 0 bridgehead atoms. The van der Waals surface area contributed by atoms with Gasteiger partial charge in [-0.2, -0.15) is 5.10 Å². The van der Waals surface area contributed by atoms with Crippen molar-refractivity contribution in [1.82, 2.24) is 29.6 Å². The number of nitrogens with two attached hydrogens (primary N) is 1. The number of anilines is 3. The van der Waals surface area contributed by atoms with Crippen molar-refractivity contribution in [2.45, 2.75) is 51.7 Å². The highest BCUT2D eigenvalue weighted by Crippen LogP contribution is 2.26. The molecule has 1 saturated heterocycles. The molecule has 2 amide bonds. The van der Waals surface area contributed by atoms with Gasteiger partial charge in [-0.3, -0.25) is 19.1 Å². The maximum absolute atomic E-state index is 12.9. The van der Waals surface area contributed by atoms with E-state index in [2.05, 4.69) is 25.7 Å². The fraction of sp³-hybridized carbons (Fsp3) is 0.417. The van der Waals surface area contributed by atoms with Crippen molar-refractivity contribution >= 4 is 29.1 Å². The molecule has 1 aliphatic rings. The summed E-state index contributed by atoms with van der Waals surface area (Å²) in [4.78, 5) is 48.1. The summed E-state index contributed by atoms with van der Waals surface area (Å²) in [5.41, 5.74) is 6.29. The molecule has 0 aromatic carbocycles. The van der Waals surface area contributed by atoms with Crippen LogP contribution in [0.15, 0.2) is 41.7 Å². The number of carbonyl (C=O) groups is 2. The van der Waals surface area contributed by atoms with E-state index in [9.17, 15) is 14.4 Å². The minimum atomic E-state index is -0.698. The molecule has 0 saturated carbocycles. The average molecular weight is 494 g/mol. The second-order valence-corrected chi connectivity index (χ2v) is 9.23. The van der Waals surface area contributed by atoms with Crippen LogP contribution in [0.25, 0.3) is 0 Å². The van der Waals surface area contributed by atoms with E-state index in [4.69, 9.17) is 5.73 Å². The molecule has 3 aromatic heterocycles. The lowest BCUT2D eigenvalue weighted by molar-refractivity contribution is 0.0923. The second kappa shape index (κ2) is 10.2. The SMILES string of the molecule is CC(C)n1ccc(C(=O)N[C@@H]2CCCN(c3cnc(C(N)=O)c(Nc4cnn(C)c4)n3)[C@@H]2C)cc1=O. The number of hydrogen-bond acceptors (Lipinski definition) is 8. The van der Waals surface area contributed by atoms with Crippen LogP contribution >= 0.6 is 0 Å². The number of pyridine rings is 1. The van der Waals surface area contributed by atoms with Crippen molar-refractivity contribution in [3.63, 3.8) is 0 Å². The largest absolute Gasteiger partial charge is 0.364 e. The third kappa shape index (κ3) is 5.21. The van der Waals surface area contributed by atoms with E-state index in [1.807, 2.05) is 25.7 Å². The first-order valence-electron chi connectivity index (χ1n) is 11.9. The quantitative estimate of drug-likeness (QED) is 0.448. The molecule has 2 atom stereocenters. The molecule has 4 rings (SSSR count). The maximum atomic E-state index is 12.9. The molecular weight excluding hydrogens is 462 g/mol. The zero-order valence-corrected chi connectivity index (χ0v) is 20.8.